The fourth-order valence-electron chi connectivity index (χ4n) is 3.82. The SMILES string of the molecule is CCn1c(Cc2nc3ccccc3[nH]2)nnc1SC1CCc2ccccc2NC1=O. The van der Waals surface area contributed by atoms with Crippen molar-refractivity contribution in [3.05, 3.63) is 65.7 Å². The molecule has 0 radical (unpaired) electrons. The second-order valence-electron chi connectivity index (χ2n) is 7.31. The van der Waals surface area contributed by atoms with Gasteiger partial charge in [0.15, 0.2) is 5.16 Å². The zero-order chi connectivity index (χ0) is 20.5. The van der Waals surface area contributed by atoms with Crippen LogP contribution in [0.1, 0.15) is 30.6 Å². The van der Waals surface area contributed by atoms with Crippen molar-refractivity contribution in [2.24, 2.45) is 0 Å². The largest absolute Gasteiger partial charge is 0.342 e. The number of benzene rings is 2. The summed E-state index contributed by atoms with van der Waals surface area (Å²) in [6.45, 7) is 2.80. The Morgan fingerprint density at radius 3 is 2.83 bits per heavy atom. The number of hydrogen-bond donors (Lipinski definition) is 2. The molecule has 1 aliphatic rings. The number of aromatic nitrogens is 5. The molecule has 1 aliphatic heterocycles. The molecule has 1 unspecified atom stereocenters. The summed E-state index contributed by atoms with van der Waals surface area (Å²) in [4.78, 5) is 20.8. The Kier molecular flexibility index (Phi) is 5.00. The summed E-state index contributed by atoms with van der Waals surface area (Å²) in [6, 6.07) is 16.0. The Bertz CT molecular complexity index is 1180. The molecule has 1 amide bonds. The maximum atomic E-state index is 12.8. The van der Waals surface area contributed by atoms with Gasteiger partial charge in [0.25, 0.3) is 0 Å². The van der Waals surface area contributed by atoms with Gasteiger partial charge in [0, 0.05) is 12.2 Å². The van der Waals surface area contributed by atoms with Gasteiger partial charge in [0.2, 0.25) is 5.91 Å². The molecule has 30 heavy (non-hydrogen) atoms. The first kappa shape index (κ1) is 18.9. The van der Waals surface area contributed by atoms with Gasteiger partial charge in [-0.05, 0) is 43.5 Å². The number of rotatable bonds is 5. The van der Waals surface area contributed by atoms with Crippen molar-refractivity contribution >= 4 is 34.4 Å². The number of para-hydroxylation sites is 3. The molecule has 5 rings (SSSR count). The van der Waals surface area contributed by atoms with Crippen LogP contribution >= 0.6 is 11.8 Å². The van der Waals surface area contributed by atoms with Gasteiger partial charge in [-0.25, -0.2) is 4.98 Å². The van der Waals surface area contributed by atoms with Crippen LogP contribution in [0.2, 0.25) is 0 Å². The zero-order valence-corrected chi connectivity index (χ0v) is 17.4. The smallest absolute Gasteiger partial charge is 0.237 e. The molecule has 2 aromatic carbocycles. The summed E-state index contributed by atoms with van der Waals surface area (Å²) in [5.74, 6) is 1.73. The van der Waals surface area contributed by atoms with Crippen LogP contribution in [0.15, 0.2) is 53.7 Å². The average molecular weight is 419 g/mol. The second kappa shape index (κ2) is 7.95. The third kappa shape index (κ3) is 3.59. The number of amides is 1. The van der Waals surface area contributed by atoms with Gasteiger partial charge >= 0.3 is 0 Å². The first-order valence-corrected chi connectivity index (χ1v) is 11.0. The zero-order valence-electron chi connectivity index (χ0n) is 16.6. The third-order valence-corrected chi connectivity index (χ3v) is 6.61. The molecule has 1 atom stereocenters. The van der Waals surface area contributed by atoms with Crippen LogP contribution in [0.3, 0.4) is 0 Å². The number of nitrogens with zero attached hydrogens (tertiary/aromatic N) is 4. The highest BCUT2D eigenvalue weighted by atomic mass is 32.2. The maximum Gasteiger partial charge on any atom is 0.237 e. The van der Waals surface area contributed by atoms with E-state index in [1.807, 2.05) is 42.5 Å². The number of imidazole rings is 1. The Hall–Kier alpha value is -3.13. The molecule has 4 aromatic rings. The van der Waals surface area contributed by atoms with Gasteiger partial charge in [-0.3, -0.25) is 4.79 Å². The highest BCUT2D eigenvalue weighted by Crippen LogP contribution is 2.31. The van der Waals surface area contributed by atoms with E-state index >= 15 is 0 Å². The molecule has 2 aromatic heterocycles. The normalized spacial score (nSPS) is 16.3. The number of thioether (sulfide) groups is 1. The molecule has 0 aliphatic carbocycles. The predicted molar refractivity (Wildman–Crippen MR) is 118 cm³/mol. The molecular weight excluding hydrogens is 396 g/mol. The fraction of sp³-hybridized carbons (Fsp3) is 0.273. The minimum atomic E-state index is -0.203. The number of aromatic amines is 1. The van der Waals surface area contributed by atoms with E-state index in [1.54, 1.807) is 0 Å². The quantitative estimate of drug-likeness (QED) is 0.514. The molecular formula is C22H22N6OS. The summed E-state index contributed by atoms with van der Waals surface area (Å²) in [6.07, 6.45) is 2.19. The van der Waals surface area contributed by atoms with Crippen LogP contribution in [0.5, 0.6) is 0 Å². The van der Waals surface area contributed by atoms with E-state index in [4.69, 9.17) is 0 Å². The van der Waals surface area contributed by atoms with Crippen LogP contribution in [-0.4, -0.2) is 35.9 Å². The van der Waals surface area contributed by atoms with Gasteiger partial charge in [-0.15, -0.1) is 10.2 Å². The number of carbonyl (C=O) groups excluding carboxylic acids is 1. The number of aryl methyl sites for hydroxylation is 1. The minimum absolute atomic E-state index is 0.0226. The summed E-state index contributed by atoms with van der Waals surface area (Å²) in [5, 5.41) is 12.4. The van der Waals surface area contributed by atoms with E-state index in [2.05, 4.69) is 43.0 Å². The standard InChI is InChI=1S/C22H22N6OS/c1-2-28-20(13-19-23-16-9-5-6-10-17(16)24-19)26-27-22(28)30-18-12-11-14-7-3-4-8-15(14)25-21(18)29/h3-10,18H,2,11-13H2,1H3,(H,23,24)(H,25,29). The van der Waals surface area contributed by atoms with Crippen LogP contribution in [0.4, 0.5) is 5.69 Å². The number of anilines is 1. The number of carbonyl (C=O) groups is 1. The molecule has 2 N–H and O–H groups in total. The van der Waals surface area contributed by atoms with Gasteiger partial charge in [0.05, 0.1) is 22.7 Å². The number of fused-ring (bicyclic) bond motifs is 2. The average Bonchev–Trinajstić information content (AvgIpc) is 3.30. The van der Waals surface area contributed by atoms with E-state index in [1.165, 1.54) is 17.3 Å². The van der Waals surface area contributed by atoms with Gasteiger partial charge in [-0.1, -0.05) is 42.1 Å². The summed E-state index contributed by atoms with van der Waals surface area (Å²) >= 11 is 1.49. The van der Waals surface area contributed by atoms with Crippen molar-refractivity contribution in [2.75, 3.05) is 5.32 Å². The lowest BCUT2D eigenvalue weighted by Crippen LogP contribution is -2.24. The van der Waals surface area contributed by atoms with E-state index in [9.17, 15) is 4.79 Å². The molecule has 0 fully saturated rings. The minimum Gasteiger partial charge on any atom is -0.342 e. The van der Waals surface area contributed by atoms with Crippen molar-refractivity contribution in [2.45, 2.75) is 43.1 Å². The van der Waals surface area contributed by atoms with E-state index in [0.717, 1.165) is 52.9 Å². The van der Waals surface area contributed by atoms with Crippen LogP contribution in [-0.2, 0) is 24.2 Å². The molecule has 0 spiro atoms. The lowest BCUT2D eigenvalue weighted by Gasteiger charge is -2.13. The Labute approximate surface area is 178 Å². The molecule has 8 heteroatoms. The molecule has 0 saturated carbocycles. The molecule has 0 saturated heterocycles. The van der Waals surface area contributed by atoms with Crippen molar-refractivity contribution in [3.8, 4) is 0 Å². The lowest BCUT2D eigenvalue weighted by atomic mass is 10.1. The van der Waals surface area contributed by atoms with Gasteiger partial charge in [-0.2, -0.15) is 0 Å². The first-order chi connectivity index (χ1) is 14.7. The van der Waals surface area contributed by atoms with Crippen LogP contribution in [0, 0.1) is 0 Å². The number of H-pyrrole nitrogens is 1. The first-order valence-electron chi connectivity index (χ1n) is 10.1. The Morgan fingerprint density at radius 1 is 1.13 bits per heavy atom. The molecule has 3 heterocycles. The summed E-state index contributed by atoms with van der Waals surface area (Å²) < 4.78 is 2.07. The fourth-order valence-corrected chi connectivity index (χ4v) is 4.93. The lowest BCUT2D eigenvalue weighted by molar-refractivity contribution is -0.115. The number of hydrogen-bond acceptors (Lipinski definition) is 5. The van der Waals surface area contributed by atoms with Crippen molar-refractivity contribution in [1.29, 1.82) is 0 Å². The summed E-state index contributed by atoms with van der Waals surface area (Å²) in [7, 11) is 0. The van der Waals surface area contributed by atoms with E-state index in [-0.39, 0.29) is 11.2 Å². The highest BCUT2D eigenvalue weighted by molar-refractivity contribution is 8.00. The monoisotopic (exact) mass is 418 g/mol. The van der Waals surface area contributed by atoms with Gasteiger partial charge in [0.1, 0.15) is 11.6 Å². The molecule has 7 nitrogen and oxygen atoms in total. The number of nitrogens with one attached hydrogen (secondary N) is 2. The highest BCUT2D eigenvalue weighted by Gasteiger charge is 2.27. The van der Waals surface area contributed by atoms with Crippen LogP contribution in [0.25, 0.3) is 11.0 Å². The van der Waals surface area contributed by atoms with Gasteiger partial charge < -0.3 is 14.9 Å². The van der Waals surface area contributed by atoms with E-state index < -0.39 is 0 Å². The summed E-state index contributed by atoms with van der Waals surface area (Å²) in [5.41, 5.74) is 4.04. The molecule has 152 valence electrons. The third-order valence-electron chi connectivity index (χ3n) is 5.36. The van der Waals surface area contributed by atoms with Crippen molar-refractivity contribution in [1.82, 2.24) is 24.7 Å². The Morgan fingerprint density at radius 2 is 1.97 bits per heavy atom. The predicted octanol–water partition coefficient (Wildman–Crippen LogP) is 3.81. The van der Waals surface area contributed by atoms with Crippen molar-refractivity contribution < 1.29 is 4.79 Å². The second-order valence-corrected chi connectivity index (χ2v) is 8.48. The Balaban J connectivity index is 1.35. The van der Waals surface area contributed by atoms with Crippen LogP contribution < -0.4 is 5.32 Å². The topological polar surface area (TPSA) is 88.5 Å². The molecule has 0 bridgehead atoms. The maximum absolute atomic E-state index is 12.8. The van der Waals surface area contributed by atoms with E-state index in [0.29, 0.717) is 6.42 Å². The van der Waals surface area contributed by atoms with Crippen molar-refractivity contribution in [3.63, 3.8) is 0 Å².